The van der Waals surface area contributed by atoms with Gasteiger partial charge in [0.25, 0.3) is 6.10 Å². The topological polar surface area (TPSA) is 93.1 Å². The Morgan fingerprint density at radius 2 is 1.41 bits per heavy atom. The largest absolute Gasteiger partial charge is 0.489 e. The Hall–Kier alpha value is -3.02. The molecule has 2 N–H and O–H groups in total. The first-order valence-electron chi connectivity index (χ1n) is 6.45. The SMILES string of the molecule is O=C(O)C(Oc1ccc(OCc2ccccc2)cc1)C(=O)O. The van der Waals surface area contributed by atoms with E-state index in [2.05, 4.69) is 0 Å². The van der Waals surface area contributed by atoms with Crippen LogP contribution in [0, 0.1) is 0 Å². The molecule has 0 saturated heterocycles. The lowest BCUT2D eigenvalue weighted by Gasteiger charge is -2.11. The van der Waals surface area contributed by atoms with Gasteiger partial charge in [-0.05, 0) is 29.8 Å². The number of carbonyl (C=O) groups is 2. The van der Waals surface area contributed by atoms with Crippen LogP contribution in [0.2, 0.25) is 0 Å². The Kier molecular flexibility index (Phi) is 4.98. The summed E-state index contributed by atoms with van der Waals surface area (Å²) in [5.74, 6) is -2.41. The molecule has 0 fully saturated rings. The molecule has 0 aliphatic rings. The number of rotatable bonds is 7. The molecule has 22 heavy (non-hydrogen) atoms. The molecular weight excluding hydrogens is 288 g/mol. The van der Waals surface area contributed by atoms with Gasteiger partial charge in [-0.25, -0.2) is 9.59 Å². The number of hydrogen-bond donors (Lipinski definition) is 2. The fourth-order valence-electron chi connectivity index (χ4n) is 1.70. The summed E-state index contributed by atoms with van der Waals surface area (Å²) in [5, 5.41) is 17.5. The third-order valence-electron chi connectivity index (χ3n) is 2.77. The molecule has 2 aromatic carbocycles. The smallest absolute Gasteiger partial charge is 0.356 e. The maximum Gasteiger partial charge on any atom is 0.356 e. The van der Waals surface area contributed by atoms with Crippen molar-refractivity contribution in [1.29, 1.82) is 0 Å². The van der Waals surface area contributed by atoms with Gasteiger partial charge in [-0.15, -0.1) is 0 Å². The Balaban J connectivity index is 1.95. The first kappa shape index (κ1) is 15.4. The summed E-state index contributed by atoms with van der Waals surface area (Å²) in [7, 11) is 0. The van der Waals surface area contributed by atoms with Crippen LogP contribution in [0.15, 0.2) is 54.6 Å². The molecule has 0 saturated carbocycles. The van der Waals surface area contributed by atoms with Crippen molar-refractivity contribution in [3.8, 4) is 11.5 Å². The monoisotopic (exact) mass is 302 g/mol. The Morgan fingerprint density at radius 3 is 1.95 bits per heavy atom. The molecule has 2 aromatic rings. The van der Waals surface area contributed by atoms with E-state index in [9.17, 15) is 9.59 Å². The molecule has 0 aliphatic heterocycles. The van der Waals surface area contributed by atoms with Gasteiger partial charge in [-0.3, -0.25) is 0 Å². The van der Waals surface area contributed by atoms with Gasteiger partial charge in [0.05, 0.1) is 0 Å². The zero-order valence-electron chi connectivity index (χ0n) is 11.5. The van der Waals surface area contributed by atoms with Crippen molar-refractivity contribution in [2.75, 3.05) is 0 Å². The lowest BCUT2D eigenvalue weighted by atomic mass is 10.2. The molecule has 0 radical (unpaired) electrons. The van der Waals surface area contributed by atoms with E-state index in [-0.39, 0.29) is 5.75 Å². The molecule has 0 heterocycles. The summed E-state index contributed by atoms with van der Waals surface area (Å²) < 4.78 is 10.5. The summed E-state index contributed by atoms with van der Waals surface area (Å²) in [5.41, 5.74) is 1.01. The maximum atomic E-state index is 10.7. The number of ether oxygens (including phenoxy) is 2. The van der Waals surface area contributed by atoms with Crippen molar-refractivity contribution in [2.45, 2.75) is 12.7 Å². The standard InChI is InChI=1S/C16H14O6/c17-15(18)14(16(19)20)22-13-8-6-12(7-9-13)21-10-11-4-2-1-3-5-11/h1-9,14H,10H2,(H,17,18)(H,19,20). The summed E-state index contributed by atoms with van der Waals surface area (Å²) in [6.07, 6.45) is -1.93. The molecule has 0 unspecified atom stereocenters. The second kappa shape index (κ2) is 7.12. The predicted molar refractivity (Wildman–Crippen MR) is 76.9 cm³/mol. The number of carboxylic acid groups (broad SMARTS) is 2. The summed E-state index contributed by atoms with van der Waals surface area (Å²) in [6, 6.07) is 15.7. The molecule has 6 nitrogen and oxygen atoms in total. The van der Waals surface area contributed by atoms with Gasteiger partial charge in [-0.1, -0.05) is 30.3 Å². The maximum absolute atomic E-state index is 10.7. The van der Waals surface area contributed by atoms with Crippen molar-refractivity contribution in [3.05, 3.63) is 60.2 Å². The molecule has 114 valence electrons. The van der Waals surface area contributed by atoms with Gasteiger partial charge < -0.3 is 19.7 Å². The van der Waals surface area contributed by atoms with E-state index in [0.29, 0.717) is 12.4 Å². The highest BCUT2D eigenvalue weighted by Crippen LogP contribution is 2.19. The van der Waals surface area contributed by atoms with E-state index >= 15 is 0 Å². The van der Waals surface area contributed by atoms with E-state index in [4.69, 9.17) is 19.7 Å². The van der Waals surface area contributed by atoms with Gasteiger partial charge >= 0.3 is 11.9 Å². The molecule has 0 amide bonds. The summed E-state index contributed by atoms with van der Waals surface area (Å²) >= 11 is 0. The minimum Gasteiger partial charge on any atom is -0.489 e. The Morgan fingerprint density at radius 1 is 0.864 bits per heavy atom. The first-order valence-corrected chi connectivity index (χ1v) is 6.45. The third-order valence-corrected chi connectivity index (χ3v) is 2.77. The minimum absolute atomic E-state index is 0.141. The van der Waals surface area contributed by atoms with E-state index < -0.39 is 18.0 Å². The minimum atomic E-state index is -1.93. The molecule has 0 aliphatic carbocycles. The molecule has 0 atom stereocenters. The van der Waals surface area contributed by atoms with Gasteiger partial charge in [0, 0.05) is 0 Å². The first-order chi connectivity index (χ1) is 10.6. The second-order valence-electron chi connectivity index (χ2n) is 4.42. The number of aliphatic carboxylic acids is 2. The Labute approximate surface area is 126 Å². The van der Waals surface area contributed by atoms with Crippen molar-refractivity contribution in [1.82, 2.24) is 0 Å². The Bertz CT molecular complexity index is 621. The van der Waals surface area contributed by atoms with Crippen LogP contribution < -0.4 is 9.47 Å². The fraction of sp³-hybridized carbons (Fsp3) is 0.125. The van der Waals surface area contributed by atoms with Gasteiger partial charge in [0.15, 0.2) is 0 Å². The quantitative estimate of drug-likeness (QED) is 0.761. The van der Waals surface area contributed by atoms with Gasteiger partial charge in [-0.2, -0.15) is 0 Å². The zero-order valence-corrected chi connectivity index (χ0v) is 11.5. The fourth-order valence-corrected chi connectivity index (χ4v) is 1.70. The van der Waals surface area contributed by atoms with Crippen LogP contribution in [0.25, 0.3) is 0 Å². The van der Waals surface area contributed by atoms with E-state index in [1.807, 2.05) is 30.3 Å². The number of carboxylic acids is 2. The van der Waals surface area contributed by atoms with Crippen LogP contribution in [0.1, 0.15) is 5.56 Å². The lowest BCUT2D eigenvalue weighted by molar-refractivity contribution is -0.159. The molecule has 6 heteroatoms. The lowest BCUT2D eigenvalue weighted by Crippen LogP contribution is -2.35. The molecule has 2 rings (SSSR count). The average molecular weight is 302 g/mol. The van der Waals surface area contributed by atoms with Gasteiger partial charge in [0.1, 0.15) is 18.1 Å². The van der Waals surface area contributed by atoms with Crippen LogP contribution in [-0.2, 0) is 16.2 Å². The highest BCUT2D eigenvalue weighted by molar-refractivity contribution is 5.96. The van der Waals surface area contributed by atoms with Crippen molar-refractivity contribution >= 4 is 11.9 Å². The second-order valence-corrected chi connectivity index (χ2v) is 4.42. The van der Waals surface area contributed by atoms with Gasteiger partial charge in [0.2, 0.25) is 0 Å². The van der Waals surface area contributed by atoms with Crippen molar-refractivity contribution in [3.63, 3.8) is 0 Å². The summed E-state index contributed by atoms with van der Waals surface area (Å²) in [6.45, 7) is 0.397. The van der Waals surface area contributed by atoms with Crippen LogP contribution in [0.5, 0.6) is 11.5 Å². The van der Waals surface area contributed by atoms with Crippen LogP contribution in [-0.4, -0.2) is 28.3 Å². The van der Waals surface area contributed by atoms with Crippen LogP contribution in [0.3, 0.4) is 0 Å². The summed E-state index contributed by atoms with van der Waals surface area (Å²) in [4.78, 5) is 21.5. The van der Waals surface area contributed by atoms with E-state index in [1.165, 1.54) is 12.1 Å². The molecule has 0 aromatic heterocycles. The number of hydrogen-bond acceptors (Lipinski definition) is 4. The third kappa shape index (κ3) is 4.24. The zero-order chi connectivity index (χ0) is 15.9. The van der Waals surface area contributed by atoms with Crippen LogP contribution >= 0.6 is 0 Å². The van der Waals surface area contributed by atoms with Crippen LogP contribution in [0.4, 0.5) is 0 Å². The molecule has 0 bridgehead atoms. The molecular formula is C16H14O6. The highest BCUT2D eigenvalue weighted by atomic mass is 16.5. The molecule has 0 spiro atoms. The van der Waals surface area contributed by atoms with Crippen molar-refractivity contribution < 1.29 is 29.3 Å². The highest BCUT2D eigenvalue weighted by Gasteiger charge is 2.27. The van der Waals surface area contributed by atoms with E-state index in [0.717, 1.165) is 5.56 Å². The number of benzene rings is 2. The van der Waals surface area contributed by atoms with Crippen molar-refractivity contribution in [2.24, 2.45) is 0 Å². The predicted octanol–water partition coefficient (Wildman–Crippen LogP) is 2.18. The average Bonchev–Trinajstić information content (AvgIpc) is 2.52. The van der Waals surface area contributed by atoms with E-state index in [1.54, 1.807) is 12.1 Å². The normalized spacial score (nSPS) is 10.2.